The largest absolute Gasteiger partial charge is 0.327 e. The highest BCUT2D eigenvalue weighted by atomic mass is 15.0. The fraction of sp³-hybridized carbons (Fsp3) is 0.148. The molecule has 0 spiro atoms. The average Bonchev–Trinajstić information content (AvgIpc) is 3.22. The highest BCUT2D eigenvalue weighted by Gasteiger charge is 2.11. The van der Waals surface area contributed by atoms with Crippen LogP contribution in [0, 0.1) is 0 Å². The average molecular weight is 379 g/mol. The maximum atomic E-state index is 4.35. The van der Waals surface area contributed by atoms with Crippen LogP contribution in [0.4, 0.5) is 0 Å². The Hall–Kier alpha value is -3.39. The highest BCUT2D eigenvalue weighted by Crippen LogP contribution is 2.25. The molecule has 0 amide bonds. The van der Waals surface area contributed by atoms with Gasteiger partial charge in [-0.25, -0.2) is 4.98 Å². The third-order valence-electron chi connectivity index (χ3n) is 5.25. The molecule has 2 heteroatoms. The van der Waals surface area contributed by atoms with Crippen LogP contribution < -0.4 is 0 Å². The number of hydrogen-bond donors (Lipinski definition) is 0. The van der Waals surface area contributed by atoms with Gasteiger partial charge in [-0.1, -0.05) is 97.1 Å². The molecule has 0 bridgehead atoms. The number of nitrogens with zero attached hydrogens (tertiary/aromatic N) is 2. The van der Waals surface area contributed by atoms with Gasteiger partial charge in [0.1, 0.15) is 0 Å². The molecule has 2 nitrogen and oxygen atoms in total. The minimum absolute atomic E-state index is 0.459. The summed E-state index contributed by atoms with van der Waals surface area (Å²) in [6.07, 6.45) is 10.4. The van der Waals surface area contributed by atoms with Crippen LogP contribution in [0.1, 0.15) is 34.7 Å². The Morgan fingerprint density at radius 1 is 0.759 bits per heavy atom. The predicted octanol–water partition coefficient (Wildman–Crippen LogP) is 6.36. The Morgan fingerprint density at radius 3 is 2.07 bits per heavy atom. The summed E-state index contributed by atoms with van der Waals surface area (Å²) >= 11 is 0. The predicted molar refractivity (Wildman–Crippen MR) is 121 cm³/mol. The quantitative estimate of drug-likeness (QED) is 0.349. The van der Waals surface area contributed by atoms with Crippen LogP contribution in [0.5, 0.6) is 0 Å². The van der Waals surface area contributed by atoms with E-state index in [4.69, 9.17) is 0 Å². The lowest BCUT2D eigenvalue weighted by Gasteiger charge is -2.16. The second-order valence-corrected chi connectivity index (χ2v) is 7.37. The zero-order valence-corrected chi connectivity index (χ0v) is 16.6. The van der Waals surface area contributed by atoms with Gasteiger partial charge < -0.3 is 4.57 Å². The summed E-state index contributed by atoms with van der Waals surface area (Å²) in [6, 6.07) is 32.1. The van der Waals surface area contributed by atoms with Gasteiger partial charge in [0.05, 0.1) is 18.2 Å². The van der Waals surface area contributed by atoms with Gasteiger partial charge in [0.2, 0.25) is 0 Å². The Kier molecular flexibility index (Phi) is 6.34. The van der Waals surface area contributed by atoms with E-state index in [0.29, 0.717) is 5.92 Å². The van der Waals surface area contributed by atoms with Crippen LogP contribution >= 0.6 is 0 Å². The summed E-state index contributed by atoms with van der Waals surface area (Å²) in [6.45, 7) is 0.840. The molecule has 1 aromatic heterocycles. The summed E-state index contributed by atoms with van der Waals surface area (Å²) in [5.74, 6) is 0.459. The molecule has 29 heavy (non-hydrogen) atoms. The first-order valence-corrected chi connectivity index (χ1v) is 10.2. The maximum Gasteiger partial charge on any atom is 0.0953 e. The third-order valence-corrected chi connectivity index (χ3v) is 5.25. The molecule has 1 unspecified atom stereocenters. The van der Waals surface area contributed by atoms with Gasteiger partial charge in [0.15, 0.2) is 0 Å². The van der Waals surface area contributed by atoms with E-state index in [1.165, 1.54) is 16.7 Å². The van der Waals surface area contributed by atoms with Crippen LogP contribution in [0.15, 0.2) is 110 Å². The minimum Gasteiger partial charge on any atom is -0.327 e. The van der Waals surface area contributed by atoms with Crippen molar-refractivity contribution >= 4 is 6.08 Å². The second kappa shape index (κ2) is 9.70. The second-order valence-electron chi connectivity index (χ2n) is 7.37. The summed E-state index contributed by atoms with van der Waals surface area (Å²) in [5, 5.41) is 0. The van der Waals surface area contributed by atoms with Crippen molar-refractivity contribution in [2.45, 2.75) is 25.3 Å². The Labute approximate surface area is 173 Å². The number of rotatable bonds is 8. The molecule has 0 saturated carbocycles. The number of allylic oxidation sites excluding steroid dienone is 1. The van der Waals surface area contributed by atoms with Crippen molar-refractivity contribution in [1.82, 2.24) is 9.55 Å². The van der Waals surface area contributed by atoms with E-state index >= 15 is 0 Å². The van der Waals surface area contributed by atoms with E-state index in [0.717, 1.165) is 25.1 Å². The van der Waals surface area contributed by atoms with Crippen molar-refractivity contribution in [3.63, 3.8) is 0 Å². The molecule has 0 saturated heterocycles. The molecule has 4 aromatic rings. The van der Waals surface area contributed by atoms with Crippen LogP contribution in [-0.4, -0.2) is 9.55 Å². The van der Waals surface area contributed by atoms with Crippen molar-refractivity contribution in [3.8, 4) is 0 Å². The Balaban J connectivity index is 1.48. The van der Waals surface area contributed by atoms with Crippen molar-refractivity contribution in [2.75, 3.05) is 0 Å². The van der Waals surface area contributed by atoms with Crippen LogP contribution in [0.3, 0.4) is 0 Å². The molecule has 1 atom stereocenters. The highest BCUT2D eigenvalue weighted by molar-refractivity contribution is 5.44. The zero-order valence-electron chi connectivity index (χ0n) is 16.6. The molecule has 144 valence electrons. The van der Waals surface area contributed by atoms with E-state index in [-0.39, 0.29) is 0 Å². The van der Waals surface area contributed by atoms with Crippen LogP contribution in [0.25, 0.3) is 6.08 Å². The normalized spacial score (nSPS) is 12.3. The lowest BCUT2D eigenvalue weighted by Crippen LogP contribution is -2.02. The van der Waals surface area contributed by atoms with Gasteiger partial charge in [0.25, 0.3) is 0 Å². The first-order chi connectivity index (χ1) is 14.4. The molecule has 0 aliphatic heterocycles. The monoisotopic (exact) mass is 378 g/mol. The van der Waals surface area contributed by atoms with Crippen molar-refractivity contribution in [1.29, 1.82) is 0 Å². The third kappa shape index (κ3) is 5.32. The summed E-state index contributed by atoms with van der Waals surface area (Å²) < 4.78 is 2.19. The van der Waals surface area contributed by atoms with Crippen molar-refractivity contribution in [3.05, 3.63) is 132 Å². The molecular formula is C27H26N2. The molecule has 1 heterocycles. The molecule has 0 fully saturated rings. The lowest BCUT2D eigenvalue weighted by atomic mass is 9.89. The van der Waals surface area contributed by atoms with Crippen LogP contribution in [0.2, 0.25) is 0 Å². The van der Waals surface area contributed by atoms with E-state index in [2.05, 4.69) is 113 Å². The van der Waals surface area contributed by atoms with Gasteiger partial charge in [-0.05, 0) is 41.5 Å². The van der Waals surface area contributed by atoms with E-state index in [9.17, 15) is 0 Å². The van der Waals surface area contributed by atoms with E-state index in [1.807, 2.05) is 12.5 Å². The summed E-state index contributed by atoms with van der Waals surface area (Å²) in [4.78, 5) is 4.35. The fourth-order valence-electron chi connectivity index (χ4n) is 3.70. The van der Waals surface area contributed by atoms with Gasteiger partial charge in [-0.3, -0.25) is 0 Å². The molecule has 0 aliphatic rings. The first kappa shape index (κ1) is 18.9. The van der Waals surface area contributed by atoms with Gasteiger partial charge in [-0.2, -0.15) is 0 Å². The first-order valence-electron chi connectivity index (χ1n) is 10.2. The van der Waals surface area contributed by atoms with Crippen LogP contribution in [-0.2, 0) is 13.0 Å². The van der Waals surface area contributed by atoms with Gasteiger partial charge in [-0.15, -0.1) is 0 Å². The standard InChI is InChI=1S/C27H26N2/c1-4-11-23(12-5-1)19-26(25-15-8-3-9-16-25)17-10-18-27-20-28-22-29(27)21-24-13-6-2-7-14-24/h1-16,18,20,22,26H,17,19,21H2/b18-10+. The number of aromatic nitrogens is 2. The Morgan fingerprint density at radius 2 is 1.38 bits per heavy atom. The topological polar surface area (TPSA) is 17.8 Å². The van der Waals surface area contributed by atoms with Crippen molar-refractivity contribution < 1.29 is 0 Å². The number of hydrogen-bond acceptors (Lipinski definition) is 1. The maximum absolute atomic E-state index is 4.35. The molecular weight excluding hydrogens is 352 g/mol. The molecule has 3 aromatic carbocycles. The zero-order chi connectivity index (χ0) is 19.7. The Bertz CT molecular complexity index is 1020. The molecule has 0 N–H and O–H groups in total. The summed E-state index contributed by atoms with van der Waals surface area (Å²) in [7, 11) is 0. The van der Waals surface area contributed by atoms with Gasteiger partial charge >= 0.3 is 0 Å². The van der Waals surface area contributed by atoms with Crippen molar-refractivity contribution in [2.24, 2.45) is 0 Å². The van der Waals surface area contributed by atoms with E-state index in [1.54, 1.807) is 0 Å². The molecule has 0 radical (unpaired) electrons. The molecule has 0 aliphatic carbocycles. The smallest absolute Gasteiger partial charge is 0.0953 e. The number of benzene rings is 3. The summed E-state index contributed by atoms with van der Waals surface area (Å²) in [5.41, 5.74) is 5.19. The fourth-order valence-corrected chi connectivity index (χ4v) is 3.70. The van der Waals surface area contributed by atoms with Gasteiger partial charge in [0, 0.05) is 6.54 Å². The van der Waals surface area contributed by atoms with E-state index < -0.39 is 0 Å². The lowest BCUT2D eigenvalue weighted by molar-refractivity contribution is 0.696. The SMILES string of the molecule is C(=C\c1cncn1Cc1ccccc1)/CC(Cc1ccccc1)c1ccccc1. The minimum atomic E-state index is 0.459. The molecule has 4 rings (SSSR count). The number of imidazole rings is 1.